The number of nitrogens with zero attached hydrogens (tertiary/aromatic N) is 2. The molecule has 0 spiro atoms. The van der Waals surface area contributed by atoms with E-state index in [-0.39, 0.29) is 17.7 Å². The summed E-state index contributed by atoms with van der Waals surface area (Å²) in [5, 5.41) is 3.27. The van der Waals surface area contributed by atoms with Crippen molar-refractivity contribution in [2.45, 2.75) is 57.9 Å². The van der Waals surface area contributed by atoms with Crippen LogP contribution in [0.3, 0.4) is 0 Å². The van der Waals surface area contributed by atoms with E-state index in [9.17, 15) is 9.59 Å². The molecule has 2 amide bonds. The molecule has 1 aliphatic heterocycles. The van der Waals surface area contributed by atoms with Crippen molar-refractivity contribution < 1.29 is 14.0 Å². The summed E-state index contributed by atoms with van der Waals surface area (Å²) >= 11 is 0. The maximum atomic E-state index is 13.2. The Morgan fingerprint density at radius 2 is 1.74 bits per heavy atom. The quantitative estimate of drug-likeness (QED) is 0.552. The average molecular weight is 460 g/mol. The lowest BCUT2D eigenvalue weighted by molar-refractivity contribution is -0.127. The van der Waals surface area contributed by atoms with Crippen LogP contribution >= 0.6 is 0 Å². The molecular formula is C28H33N3O3. The molecular weight excluding hydrogens is 426 g/mol. The molecule has 34 heavy (non-hydrogen) atoms. The molecule has 2 fully saturated rings. The number of carbonyl (C=O) groups is 2. The monoisotopic (exact) mass is 459 g/mol. The summed E-state index contributed by atoms with van der Waals surface area (Å²) in [4.78, 5) is 32.4. The van der Waals surface area contributed by atoms with Crippen LogP contribution in [0.4, 0.5) is 0 Å². The zero-order valence-corrected chi connectivity index (χ0v) is 19.8. The van der Waals surface area contributed by atoms with Crippen LogP contribution < -0.4 is 5.32 Å². The number of hydrogen-bond acceptors (Lipinski definition) is 4. The van der Waals surface area contributed by atoms with Gasteiger partial charge in [0.2, 0.25) is 11.8 Å². The fraction of sp³-hybridized carbons (Fsp3) is 0.464. The van der Waals surface area contributed by atoms with E-state index in [0.29, 0.717) is 47.6 Å². The number of nitrogens with one attached hydrogen (secondary N) is 1. The van der Waals surface area contributed by atoms with Crippen LogP contribution in [0.15, 0.2) is 52.9 Å². The summed E-state index contributed by atoms with van der Waals surface area (Å²) in [6.07, 6.45) is 7.64. The second-order valence-corrected chi connectivity index (χ2v) is 9.83. The molecule has 2 heterocycles. The van der Waals surface area contributed by atoms with Crippen LogP contribution in [0.2, 0.25) is 0 Å². The van der Waals surface area contributed by atoms with E-state index >= 15 is 0 Å². The molecule has 6 heteroatoms. The maximum absolute atomic E-state index is 13.2. The highest BCUT2D eigenvalue weighted by molar-refractivity contribution is 5.97. The molecule has 1 saturated carbocycles. The molecule has 0 bridgehead atoms. The molecule has 1 unspecified atom stereocenters. The molecule has 6 nitrogen and oxygen atoms in total. The van der Waals surface area contributed by atoms with Crippen molar-refractivity contribution in [2.24, 2.45) is 11.8 Å². The van der Waals surface area contributed by atoms with Crippen molar-refractivity contribution >= 4 is 22.9 Å². The van der Waals surface area contributed by atoms with Gasteiger partial charge in [-0.1, -0.05) is 44.4 Å². The van der Waals surface area contributed by atoms with Gasteiger partial charge in [0.1, 0.15) is 5.52 Å². The minimum absolute atomic E-state index is 0.0120. The van der Waals surface area contributed by atoms with E-state index in [4.69, 9.17) is 4.42 Å². The zero-order chi connectivity index (χ0) is 23.5. The first-order valence-electron chi connectivity index (χ1n) is 12.6. The van der Waals surface area contributed by atoms with E-state index in [0.717, 1.165) is 31.2 Å². The molecule has 5 rings (SSSR count). The molecule has 1 aromatic heterocycles. The van der Waals surface area contributed by atoms with Gasteiger partial charge in [0.05, 0.1) is 0 Å². The number of carbonyl (C=O) groups excluding carboxylic acids is 2. The van der Waals surface area contributed by atoms with Gasteiger partial charge < -0.3 is 14.6 Å². The van der Waals surface area contributed by atoms with Crippen LogP contribution in [0.5, 0.6) is 0 Å². The molecule has 1 saturated heterocycles. The Morgan fingerprint density at radius 3 is 2.47 bits per heavy atom. The number of aromatic nitrogens is 1. The fourth-order valence-electron chi connectivity index (χ4n) is 5.34. The van der Waals surface area contributed by atoms with Gasteiger partial charge in [-0.15, -0.1) is 0 Å². The summed E-state index contributed by atoms with van der Waals surface area (Å²) in [5.41, 5.74) is 2.90. The number of oxazole rings is 1. The van der Waals surface area contributed by atoms with Crippen LogP contribution in [-0.2, 0) is 4.79 Å². The Hall–Kier alpha value is -3.15. The molecule has 2 aromatic carbocycles. The third-order valence-electron chi connectivity index (χ3n) is 7.55. The molecule has 0 radical (unpaired) electrons. The minimum atomic E-state index is -0.0120. The van der Waals surface area contributed by atoms with Gasteiger partial charge in [0.25, 0.3) is 5.91 Å². The SMILES string of the molecule is CC(C(=O)NC1CCCCC1)C1CCN(C(=O)c2ccc3oc(-c4ccccc4)nc3c2)CC1. The van der Waals surface area contributed by atoms with Crippen LogP contribution in [0.1, 0.15) is 62.2 Å². The van der Waals surface area contributed by atoms with Crippen molar-refractivity contribution in [1.82, 2.24) is 15.2 Å². The Balaban J connectivity index is 1.19. The van der Waals surface area contributed by atoms with Gasteiger partial charge in [0, 0.05) is 36.2 Å². The smallest absolute Gasteiger partial charge is 0.253 e. The average Bonchev–Trinajstić information content (AvgIpc) is 3.32. The minimum Gasteiger partial charge on any atom is -0.436 e. The number of amides is 2. The molecule has 1 aliphatic carbocycles. The van der Waals surface area contributed by atoms with Crippen molar-refractivity contribution in [3.05, 3.63) is 54.1 Å². The number of hydrogen-bond donors (Lipinski definition) is 1. The zero-order valence-electron chi connectivity index (χ0n) is 19.8. The normalized spacial score (nSPS) is 18.7. The number of rotatable bonds is 5. The predicted octanol–water partition coefficient (Wildman–Crippen LogP) is 5.43. The molecule has 178 valence electrons. The van der Waals surface area contributed by atoms with Crippen molar-refractivity contribution in [3.8, 4) is 11.5 Å². The van der Waals surface area contributed by atoms with Gasteiger partial charge in [-0.25, -0.2) is 4.98 Å². The van der Waals surface area contributed by atoms with Crippen LogP contribution in [0.25, 0.3) is 22.6 Å². The fourth-order valence-corrected chi connectivity index (χ4v) is 5.34. The van der Waals surface area contributed by atoms with Gasteiger partial charge in [-0.2, -0.15) is 0 Å². The largest absolute Gasteiger partial charge is 0.436 e. The molecule has 1 N–H and O–H groups in total. The van der Waals surface area contributed by atoms with Gasteiger partial charge in [0.15, 0.2) is 5.58 Å². The summed E-state index contributed by atoms with van der Waals surface area (Å²) < 4.78 is 5.88. The lowest BCUT2D eigenvalue weighted by Gasteiger charge is -2.35. The highest BCUT2D eigenvalue weighted by Crippen LogP contribution is 2.29. The van der Waals surface area contributed by atoms with E-state index < -0.39 is 0 Å². The molecule has 2 aliphatic rings. The second-order valence-electron chi connectivity index (χ2n) is 9.83. The Labute approximate surface area is 200 Å². The number of fused-ring (bicyclic) bond motifs is 1. The Bertz CT molecular complexity index is 1140. The molecule has 1 atom stereocenters. The Kier molecular flexibility index (Phi) is 6.66. The number of likely N-dealkylation sites (tertiary alicyclic amines) is 1. The summed E-state index contributed by atoms with van der Waals surface area (Å²) in [6, 6.07) is 15.6. The highest BCUT2D eigenvalue weighted by atomic mass is 16.3. The Morgan fingerprint density at radius 1 is 1.00 bits per heavy atom. The number of piperidine rings is 1. The lowest BCUT2D eigenvalue weighted by atomic mass is 9.84. The molecule has 3 aromatic rings. The summed E-state index contributed by atoms with van der Waals surface area (Å²) in [6.45, 7) is 3.40. The maximum Gasteiger partial charge on any atom is 0.253 e. The number of benzene rings is 2. The first kappa shape index (κ1) is 22.6. The van der Waals surface area contributed by atoms with Crippen LogP contribution in [0, 0.1) is 11.8 Å². The van der Waals surface area contributed by atoms with E-state index in [1.807, 2.05) is 60.4 Å². The van der Waals surface area contributed by atoms with Gasteiger partial charge in [-0.05, 0) is 61.9 Å². The first-order chi connectivity index (χ1) is 16.6. The van der Waals surface area contributed by atoms with E-state index in [2.05, 4.69) is 10.3 Å². The predicted molar refractivity (Wildman–Crippen MR) is 132 cm³/mol. The standard InChI is InChI=1S/C28H33N3O3/c1-19(26(32)29-23-10-6-3-7-11-23)20-14-16-31(17-15-20)28(33)22-12-13-25-24(18-22)30-27(34-25)21-8-4-2-5-9-21/h2,4-5,8-9,12-13,18-20,23H,3,6-7,10-11,14-17H2,1H3,(H,29,32). The van der Waals surface area contributed by atoms with Crippen molar-refractivity contribution in [1.29, 1.82) is 0 Å². The topological polar surface area (TPSA) is 75.4 Å². The lowest BCUT2D eigenvalue weighted by Crippen LogP contribution is -2.45. The van der Waals surface area contributed by atoms with Crippen molar-refractivity contribution in [3.63, 3.8) is 0 Å². The van der Waals surface area contributed by atoms with E-state index in [1.165, 1.54) is 19.3 Å². The third kappa shape index (κ3) is 4.86. The second kappa shape index (κ2) is 10.00. The van der Waals surface area contributed by atoms with Crippen LogP contribution in [-0.4, -0.2) is 40.8 Å². The first-order valence-corrected chi connectivity index (χ1v) is 12.6. The third-order valence-corrected chi connectivity index (χ3v) is 7.55. The van der Waals surface area contributed by atoms with Crippen molar-refractivity contribution in [2.75, 3.05) is 13.1 Å². The summed E-state index contributed by atoms with van der Waals surface area (Å²) in [5.74, 6) is 1.06. The van der Waals surface area contributed by atoms with E-state index in [1.54, 1.807) is 0 Å². The van der Waals surface area contributed by atoms with Gasteiger partial charge in [-0.3, -0.25) is 9.59 Å². The van der Waals surface area contributed by atoms with Gasteiger partial charge >= 0.3 is 0 Å². The highest BCUT2D eigenvalue weighted by Gasteiger charge is 2.31. The summed E-state index contributed by atoms with van der Waals surface area (Å²) in [7, 11) is 0.